The van der Waals surface area contributed by atoms with Crippen LogP contribution in [0.2, 0.25) is 0 Å². The molecule has 0 aliphatic carbocycles. The zero-order chi connectivity index (χ0) is 43.1. The summed E-state index contributed by atoms with van der Waals surface area (Å²) in [7, 11) is 0. The maximum atomic E-state index is 2.46. The second kappa shape index (κ2) is 16.3. The van der Waals surface area contributed by atoms with Gasteiger partial charge in [-0.3, -0.25) is 0 Å². The van der Waals surface area contributed by atoms with E-state index in [9.17, 15) is 0 Å². The van der Waals surface area contributed by atoms with Gasteiger partial charge in [0.2, 0.25) is 0 Å². The summed E-state index contributed by atoms with van der Waals surface area (Å²) in [6.45, 7) is 0. The third-order valence-electron chi connectivity index (χ3n) is 13.0. The second-order valence-corrected chi connectivity index (χ2v) is 17.0. The van der Waals surface area contributed by atoms with Gasteiger partial charge in [-0.15, -0.1) is 0 Å². The van der Waals surface area contributed by atoms with Crippen LogP contribution in [0.15, 0.2) is 255 Å². The Labute approximate surface area is 380 Å². The van der Waals surface area contributed by atoms with Crippen molar-refractivity contribution in [1.82, 2.24) is 0 Å². The average Bonchev–Trinajstić information content (AvgIpc) is 3.38. The Morgan fingerprint density at radius 3 is 1.34 bits per heavy atom. The van der Waals surface area contributed by atoms with Gasteiger partial charge >= 0.3 is 0 Å². The topological polar surface area (TPSA) is 6.48 Å². The summed E-state index contributed by atoms with van der Waals surface area (Å²) in [5.74, 6) is 0. The van der Waals surface area contributed by atoms with E-state index in [1.54, 1.807) is 0 Å². The van der Waals surface area contributed by atoms with Crippen molar-refractivity contribution in [1.29, 1.82) is 0 Å². The van der Waals surface area contributed by atoms with Crippen LogP contribution in [-0.4, -0.2) is 0 Å². The van der Waals surface area contributed by atoms with Gasteiger partial charge in [-0.1, -0.05) is 182 Å². The van der Waals surface area contributed by atoms with Crippen LogP contribution in [0.5, 0.6) is 0 Å². The third kappa shape index (κ3) is 7.22. The minimum absolute atomic E-state index is 0.838. The molecule has 1 heterocycles. The first-order valence-electron chi connectivity index (χ1n) is 22.4. The van der Waals surface area contributed by atoms with Crippen LogP contribution in [-0.2, 0) is 6.42 Å². The summed E-state index contributed by atoms with van der Waals surface area (Å²) < 4.78 is 0. The highest BCUT2D eigenvalue weighted by Crippen LogP contribution is 2.47. The van der Waals surface area contributed by atoms with Gasteiger partial charge in [-0.2, -0.15) is 0 Å². The van der Waals surface area contributed by atoms with E-state index in [0.717, 1.165) is 29.2 Å². The fourth-order valence-corrected chi connectivity index (χ4v) is 9.76. The first-order chi connectivity index (χ1) is 32.2. The smallest absolute Gasteiger partial charge is 0.0497 e. The highest BCUT2D eigenvalue weighted by atomic mass is 15.2. The van der Waals surface area contributed by atoms with Gasteiger partial charge in [0.25, 0.3) is 0 Å². The fourth-order valence-electron chi connectivity index (χ4n) is 9.76. The molecule has 0 unspecified atom stereocenters. The van der Waals surface area contributed by atoms with E-state index in [4.69, 9.17) is 0 Å². The van der Waals surface area contributed by atoms with Crippen molar-refractivity contribution in [3.05, 3.63) is 266 Å². The molecule has 0 aromatic heterocycles. The van der Waals surface area contributed by atoms with Crippen molar-refractivity contribution in [2.45, 2.75) is 6.42 Å². The van der Waals surface area contributed by atoms with Crippen LogP contribution in [0, 0.1) is 0 Å². The van der Waals surface area contributed by atoms with Crippen LogP contribution >= 0.6 is 0 Å². The first-order valence-corrected chi connectivity index (χ1v) is 22.4. The highest BCUT2D eigenvalue weighted by Gasteiger charge is 2.26. The monoisotopic (exact) mass is 828 g/mol. The zero-order valence-electron chi connectivity index (χ0n) is 35.9. The van der Waals surface area contributed by atoms with Gasteiger partial charge in [0.05, 0.1) is 0 Å². The molecule has 0 fully saturated rings. The summed E-state index contributed by atoms with van der Waals surface area (Å²) in [5.41, 5.74) is 19.2. The lowest BCUT2D eigenvalue weighted by Crippen LogP contribution is -2.18. The predicted octanol–water partition coefficient (Wildman–Crippen LogP) is 17.5. The summed E-state index contributed by atoms with van der Waals surface area (Å²) in [5, 5.41) is 5.00. The van der Waals surface area contributed by atoms with Gasteiger partial charge in [0.1, 0.15) is 0 Å². The Balaban J connectivity index is 0.922. The number of fused-ring (bicyclic) bond motifs is 4. The molecule has 2 nitrogen and oxygen atoms in total. The fraction of sp³-hybridized carbons (Fsp3) is 0.0159. The Hall–Kier alpha value is -8.46. The molecule has 12 rings (SSSR count). The number of nitrogens with zero attached hydrogens (tertiary/aromatic N) is 2. The largest absolute Gasteiger partial charge is 0.311 e. The molecular weight excluding hydrogens is 785 g/mol. The number of hydrogen-bond donors (Lipinski definition) is 0. The molecule has 2 heteroatoms. The molecule has 0 radical (unpaired) electrons. The summed E-state index contributed by atoms with van der Waals surface area (Å²) in [6.07, 6.45) is 0.838. The molecule has 0 amide bonds. The lowest BCUT2D eigenvalue weighted by molar-refractivity contribution is 1.09. The van der Waals surface area contributed by atoms with E-state index in [0.29, 0.717) is 0 Å². The minimum Gasteiger partial charge on any atom is -0.311 e. The van der Waals surface area contributed by atoms with Crippen LogP contribution in [0.1, 0.15) is 11.1 Å². The van der Waals surface area contributed by atoms with E-state index in [1.807, 2.05) is 0 Å². The second-order valence-electron chi connectivity index (χ2n) is 17.0. The lowest BCUT2D eigenvalue weighted by Gasteiger charge is -2.34. The molecule has 0 spiro atoms. The van der Waals surface area contributed by atoms with Crippen molar-refractivity contribution in [2.75, 3.05) is 9.80 Å². The van der Waals surface area contributed by atoms with Crippen LogP contribution in [0.3, 0.4) is 0 Å². The minimum atomic E-state index is 0.838. The van der Waals surface area contributed by atoms with Crippen molar-refractivity contribution >= 4 is 55.7 Å². The van der Waals surface area contributed by atoms with Crippen molar-refractivity contribution in [2.24, 2.45) is 0 Å². The van der Waals surface area contributed by atoms with E-state index in [2.05, 4.69) is 265 Å². The first kappa shape index (κ1) is 38.2. The number of anilines is 6. The van der Waals surface area contributed by atoms with Gasteiger partial charge in [0, 0.05) is 40.5 Å². The standard InChI is InChI=1S/C63H44N2/c1-3-12-44(13-4-1)47-22-31-56(32-23-47)64(57-33-24-48(25-34-57)45-14-5-2-6-15-45)58-35-26-49(27-36-58)52-29-38-62-54(40-52)42-55-41-53(61-21-11-19-50-17-9-10-20-60(50)61)30-39-63(55)65(62)59-37-28-46-16-7-8-18-51(46)43-59/h1-41,43H,42H2. The van der Waals surface area contributed by atoms with Crippen LogP contribution in [0.4, 0.5) is 34.1 Å². The molecule has 11 aromatic carbocycles. The van der Waals surface area contributed by atoms with Crippen molar-refractivity contribution in [3.63, 3.8) is 0 Å². The van der Waals surface area contributed by atoms with E-state index in [-0.39, 0.29) is 0 Å². The molecule has 0 bridgehead atoms. The summed E-state index contributed by atoms with van der Waals surface area (Å²) >= 11 is 0. The van der Waals surface area contributed by atoms with Crippen molar-refractivity contribution < 1.29 is 0 Å². The normalized spacial score (nSPS) is 11.9. The SMILES string of the molecule is c1ccc(-c2ccc(N(c3ccc(-c4ccccc4)cc3)c3ccc(-c4ccc5c(c4)Cc4cc(-c6cccc7ccccc67)ccc4N5c4ccc5ccccc5c4)cc3)cc2)cc1. The molecule has 0 N–H and O–H groups in total. The molecule has 1 aliphatic heterocycles. The van der Waals surface area contributed by atoms with Gasteiger partial charge < -0.3 is 9.80 Å². The average molecular weight is 829 g/mol. The zero-order valence-corrected chi connectivity index (χ0v) is 35.9. The van der Waals surface area contributed by atoms with Gasteiger partial charge in [-0.25, -0.2) is 0 Å². The van der Waals surface area contributed by atoms with Gasteiger partial charge in [0.15, 0.2) is 0 Å². The predicted molar refractivity (Wildman–Crippen MR) is 275 cm³/mol. The van der Waals surface area contributed by atoms with Gasteiger partial charge in [-0.05, 0) is 150 Å². The lowest BCUT2D eigenvalue weighted by atomic mass is 9.89. The number of benzene rings is 11. The third-order valence-corrected chi connectivity index (χ3v) is 13.0. The van der Waals surface area contributed by atoms with E-state index >= 15 is 0 Å². The Morgan fingerprint density at radius 2 is 0.738 bits per heavy atom. The molecule has 1 aliphatic rings. The maximum Gasteiger partial charge on any atom is 0.0497 e. The van der Waals surface area contributed by atoms with Crippen LogP contribution in [0.25, 0.3) is 66.1 Å². The Morgan fingerprint density at radius 1 is 0.292 bits per heavy atom. The Bertz CT molecular complexity index is 3400. The Kier molecular flexibility index (Phi) is 9.61. The molecule has 306 valence electrons. The molecule has 11 aromatic rings. The number of hydrogen-bond acceptors (Lipinski definition) is 2. The quantitative estimate of drug-likeness (QED) is 0.151. The molecule has 65 heavy (non-hydrogen) atoms. The van der Waals surface area contributed by atoms with E-state index in [1.165, 1.54) is 88.6 Å². The van der Waals surface area contributed by atoms with E-state index < -0.39 is 0 Å². The molecule has 0 saturated heterocycles. The van der Waals surface area contributed by atoms with Crippen LogP contribution < -0.4 is 9.80 Å². The summed E-state index contributed by atoms with van der Waals surface area (Å²) in [4.78, 5) is 4.82. The molecule has 0 atom stereocenters. The highest BCUT2D eigenvalue weighted by molar-refractivity contribution is 5.98. The van der Waals surface area contributed by atoms with Crippen molar-refractivity contribution in [3.8, 4) is 44.5 Å². The maximum absolute atomic E-state index is 2.46. The number of rotatable bonds is 8. The molecule has 0 saturated carbocycles. The molecular formula is C63H44N2. The summed E-state index contributed by atoms with van der Waals surface area (Å²) in [6, 6.07) is 92.9.